The Morgan fingerprint density at radius 2 is 1.05 bits per heavy atom. The van der Waals surface area contributed by atoms with Crippen molar-refractivity contribution in [3.05, 3.63) is 12.2 Å². The Kier molecular flexibility index (Phi) is 20.7. The Morgan fingerprint density at radius 1 is 0.737 bits per heavy atom. The number of hydrogen-bond donors (Lipinski definition) is 2. The van der Waals surface area contributed by atoms with Crippen LogP contribution in [-0.2, 0) is 0 Å². The van der Waals surface area contributed by atoms with Crippen molar-refractivity contribution in [1.29, 1.82) is 0 Å². The quantitative estimate of drug-likeness (QED) is 0.407. The van der Waals surface area contributed by atoms with Crippen molar-refractivity contribution in [3.63, 3.8) is 0 Å². The molecule has 4 N–H and O–H groups in total. The lowest BCUT2D eigenvalue weighted by atomic mass is 10.1. The van der Waals surface area contributed by atoms with Crippen LogP contribution in [0.2, 0.25) is 0 Å². The summed E-state index contributed by atoms with van der Waals surface area (Å²) in [6.07, 6.45) is 20.0. The van der Waals surface area contributed by atoms with E-state index in [4.69, 9.17) is 4.79 Å². The van der Waals surface area contributed by atoms with Gasteiger partial charge in [0, 0.05) is 0 Å². The molecule has 0 rings (SSSR count). The maximum atomic E-state index is 9.00. The van der Waals surface area contributed by atoms with Crippen LogP contribution in [0.1, 0.15) is 84.5 Å². The lowest BCUT2D eigenvalue weighted by molar-refractivity contribution is 0.256. The summed E-state index contributed by atoms with van der Waals surface area (Å²) in [5, 5.41) is 0. The van der Waals surface area contributed by atoms with E-state index < -0.39 is 6.03 Å². The van der Waals surface area contributed by atoms with Crippen LogP contribution >= 0.6 is 0 Å². The second kappa shape index (κ2) is 19.4. The van der Waals surface area contributed by atoms with Gasteiger partial charge in [-0.1, -0.05) is 70.9 Å². The molecule has 2 amide bonds. The molecule has 0 aliphatic rings. The van der Waals surface area contributed by atoms with E-state index in [1.165, 1.54) is 70.6 Å². The van der Waals surface area contributed by atoms with E-state index in [2.05, 4.69) is 37.5 Å². The monoisotopic (exact) mass is 270 g/mol. The molecule has 3 heteroatoms. The number of allylic oxidation sites excluding steroid dienone is 2. The van der Waals surface area contributed by atoms with Crippen LogP contribution in [0.25, 0.3) is 0 Å². The Hall–Kier alpha value is -0.990. The highest BCUT2D eigenvalue weighted by molar-refractivity contribution is 5.69. The van der Waals surface area contributed by atoms with Gasteiger partial charge in [-0.05, 0) is 25.7 Å². The molecule has 0 aromatic carbocycles. The van der Waals surface area contributed by atoms with Gasteiger partial charge in [0.25, 0.3) is 0 Å². The number of unbranched alkanes of at least 4 members (excludes halogenated alkanes) is 9. The molecule has 0 saturated heterocycles. The fourth-order valence-corrected chi connectivity index (χ4v) is 1.79. The van der Waals surface area contributed by atoms with Crippen molar-refractivity contribution >= 4 is 6.03 Å². The summed E-state index contributed by atoms with van der Waals surface area (Å²) >= 11 is 0. The molecule has 0 aliphatic carbocycles. The lowest BCUT2D eigenvalue weighted by Gasteiger charge is -1.96. The second-order valence-electron chi connectivity index (χ2n) is 4.93. The minimum atomic E-state index is -0.833. The van der Waals surface area contributed by atoms with E-state index in [-0.39, 0.29) is 0 Å². The van der Waals surface area contributed by atoms with Gasteiger partial charge in [-0.3, -0.25) is 0 Å². The Morgan fingerprint density at radius 3 is 1.42 bits per heavy atom. The SMILES string of the molecule is CCCCCCC=CCCCCCCC.NC(N)=O. The van der Waals surface area contributed by atoms with Gasteiger partial charge >= 0.3 is 6.03 Å². The zero-order valence-corrected chi connectivity index (χ0v) is 13.0. The number of hydrogen-bond acceptors (Lipinski definition) is 1. The molecule has 0 heterocycles. The van der Waals surface area contributed by atoms with Crippen LogP contribution < -0.4 is 11.5 Å². The molecular formula is C16H34N2O. The van der Waals surface area contributed by atoms with Crippen LogP contribution in [0, 0.1) is 0 Å². The van der Waals surface area contributed by atoms with Crippen LogP contribution in [-0.4, -0.2) is 6.03 Å². The number of urea groups is 1. The molecule has 0 atom stereocenters. The lowest BCUT2D eigenvalue weighted by Crippen LogP contribution is -2.18. The fourth-order valence-electron chi connectivity index (χ4n) is 1.79. The van der Waals surface area contributed by atoms with Gasteiger partial charge in [0.2, 0.25) is 0 Å². The number of carbonyl (C=O) groups is 1. The summed E-state index contributed by atoms with van der Waals surface area (Å²) in [7, 11) is 0. The normalized spacial score (nSPS) is 10.2. The smallest absolute Gasteiger partial charge is 0.309 e. The summed E-state index contributed by atoms with van der Waals surface area (Å²) in [5.41, 5.74) is 8.50. The first kappa shape index (κ1) is 20.3. The summed E-state index contributed by atoms with van der Waals surface area (Å²) in [4.78, 5) is 9.00. The van der Waals surface area contributed by atoms with Crippen molar-refractivity contribution in [1.82, 2.24) is 0 Å². The van der Waals surface area contributed by atoms with Crippen LogP contribution in [0.4, 0.5) is 4.79 Å². The average molecular weight is 270 g/mol. The first-order valence-electron chi connectivity index (χ1n) is 7.85. The number of amides is 2. The summed E-state index contributed by atoms with van der Waals surface area (Å²) in [5.74, 6) is 0. The Bertz CT molecular complexity index is 199. The van der Waals surface area contributed by atoms with Crippen molar-refractivity contribution < 1.29 is 4.79 Å². The third kappa shape index (κ3) is 31.6. The minimum absolute atomic E-state index is 0.833. The van der Waals surface area contributed by atoms with Crippen molar-refractivity contribution in [2.24, 2.45) is 11.5 Å². The third-order valence-corrected chi connectivity index (χ3v) is 2.87. The van der Waals surface area contributed by atoms with E-state index in [0.29, 0.717) is 0 Å². The third-order valence-electron chi connectivity index (χ3n) is 2.87. The molecule has 0 unspecified atom stereocenters. The highest BCUT2D eigenvalue weighted by Gasteiger charge is 1.87. The molecule has 0 radical (unpaired) electrons. The van der Waals surface area contributed by atoms with E-state index in [9.17, 15) is 0 Å². The Labute approximate surface area is 119 Å². The van der Waals surface area contributed by atoms with E-state index >= 15 is 0 Å². The summed E-state index contributed by atoms with van der Waals surface area (Å²) in [6, 6.07) is -0.833. The van der Waals surface area contributed by atoms with Crippen LogP contribution in [0.5, 0.6) is 0 Å². The number of carbonyl (C=O) groups excluding carboxylic acids is 1. The van der Waals surface area contributed by atoms with Gasteiger partial charge in [-0.15, -0.1) is 0 Å². The summed E-state index contributed by atoms with van der Waals surface area (Å²) in [6.45, 7) is 4.54. The van der Waals surface area contributed by atoms with Crippen molar-refractivity contribution in [2.75, 3.05) is 0 Å². The standard InChI is InChI=1S/C15H30.CH4N2O/c1-3-5-7-9-11-13-15-14-12-10-8-6-4-2;2-1(3)4/h13,15H,3-12,14H2,1-2H3;(H4,2,3,4). The van der Waals surface area contributed by atoms with Gasteiger partial charge < -0.3 is 11.5 Å². The van der Waals surface area contributed by atoms with E-state index in [1.54, 1.807) is 0 Å². The van der Waals surface area contributed by atoms with Crippen molar-refractivity contribution in [2.45, 2.75) is 84.5 Å². The van der Waals surface area contributed by atoms with Gasteiger partial charge in [0.15, 0.2) is 0 Å². The molecule has 0 aromatic rings. The molecule has 114 valence electrons. The minimum Gasteiger partial charge on any atom is -0.352 e. The first-order valence-corrected chi connectivity index (χ1v) is 7.85. The predicted octanol–water partition coefficient (Wildman–Crippen LogP) is 4.90. The Balaban J connectivity index is 0. The van der Waals surface area contributed by atoms with E-state index in [1.807, 2.05) is 0 Å². The zero-order chi connectivity index (χ0) is 14.8. The number of nitrogens with two attached hydrogens (primary N) is 2. The van der Waals surface area contributed by atoms with Crippen LogP contribution in [0.3, 0.4) is 0 Å². The van der Waals surface area contributed by atoms with Gasteiger partial charge in [-0.2, -0.15) is 0 Å². The molecule has 0 saturated carbocycles. The summed E-state index contributed by atoms with van der Waals surface area (Å²) < 4.78 is 0. The fraction of sp³-hybridized carbons (Fsp3) is 0.812. The number of primary amides is 2. The van der Waals surface area contributed by atoms with E-state index in [0.717, 1.165) is 0 Å². The predicted molar refractivity (Wildman–Crippen MR) is 85.0 cm³/mol. The number of rotatable bonds is 11. The largest absolute Gasteiger partial charge is 0.352 e. The molecule has 0 spiro atoms. The molecule has 0 fully saturated rings. The average Bonchev–Trinajstić information content (AvgIpc) is 2.35. The second-order valence-corrected chi connectivity index (χ2v) is 4.93. The van der Waals surface area contributed by atoms with Gasteiger partial charge in [0.05, 0.1) is 0 Å². The molecule has 0 aromatic heterocycles. The maximum absolute atomic E-state index is 9.00. The maximum Gasteiger partial charge on any atom is 0.309 e. The highest BCUT2D eigenvalue weighted by atomic mass is 16.2. The molecule has 0 bridgehead atoms. The molecule has 19 heavy (non-hydrogen) atoms. The zero-order valence-electron chi connectivity index (χ0n) is 13.0. The topological polar surface area (TPSA) is 69.1 Å². The first-order chi connectivity index (χ1) is 9.15. The highest BCUT2D eigenvalue weighted by Crippen LogP contribution is 2.07. The molecule has 3 nitrogen and oxygen atoms in total. The van der Waals surface area contributed by atoms with Gasteiger partial charge in [0.1, 0.15) is 0 Å². The van der Waals surface area contributed by atoms with Gasteiger partial charge in [-0.25, -0.2) is 4.79 Å². The van der Waals surface area contributed by atoms with Crippen molar-refractivity contribution in [3.8, 4) is 0 Å². The molecular weight excluding hydrogens is 236 g/mol. The molecule has 0 aliphatic heterocycles. The van der Waals surface area contributed by atoms with Crippen LogP contribution in [0.15, 0.2) is 12.2 Å².